The highest BCUT2D eigenvalue weighted by molar-refractivity contribution is 7.88. The lowest BCUT2D eigenvalue weighted by Crippen LogP contribution is -2.36. The molecule has 2 aromatic carbocycles. The van der Waals surface area contributed by atoms with E-state index < -0.39 is 16.1 Å². The summed E-state index contributed by atoms with van der Waals surface area (Å²) in [5.41, 5.74) is 3.29. The molecule has 1 heterocycles. The van der Waals surface area contributed by atoms with Gasteiger partial charge in [0.15, 0.2) is 0 Å². The number of amides is 1. The summed E-state index contributed by atoms with van der Waals surface area (Å²) >= 11 is 12.0. The topological polar surface area (TPSA) is 78.5 Å². The number of carbonyl (C=O) groups excluding carboxylic acids is 1. The number of rotatable bonds is 5. The van der Waals surface area contributed by atoms with Crippen LogP contribution in [-0.4, -0.2) is 37.5 Å². The fourth-order valence-electron chi connectivity index (χ4n) is 3.13. The van der Waals surface area contributed by atoms with Crippen LogP contribution in [0.1, 0.15) is 18.1 Å². The maximum Gasteiger partial charge on any atom is 0.246 e. The van der Waals surface area contributed by atoms with Gasteiger partial charge in [0.2, 0.25) is 15.9 Å². The fourth-order valence-corrected chi connectivity index (χ4v) is 4.38. The summed E-state index contributed by atoms with van der Waals surface area (Å²) in [5.74, 6) is -0.240. The second kappa shape index (κ2) is 8.29. The number of carbonyl (C=O) groups is 1. The summed E-state index contributed by atoms with van der Waals surface area (Å²) in [6.07, 6.45) is 1.80. The average molecular weight is 442 g/mol. The molecule has 1 aliphatic rings. The molecule has 0 spiro atoms. The van der Waals surface area contributed by atoms with Gasteiger partial charge < -0.3 is 10.6 Å². The van der Waals surface area contributed by atoms with E-state index in [2.05, 4.69) is 10.6 Å². The van der Waals surface area contributed by atoms with Gasteiger partial charge in [0.25, 0.3) is 0 Å². The minimum atomic E-state index is -3.23. The molecule has 9 heteroatoms. The minimum absolute atomic E-state index is 0.240. The highest BCUT2D eigenvalue weighted by atomic mass is 35.5. The van der Waals surface area contributed by atoms with E-state index in [4.69, 9.17) is 23.2 Å². The molecule has 2 N–H and O–H groups in total. The molecule has 0 fully saturated rings. The molecule has 0 aliphatic carbocycles. The van der Waals surface area contributed by atoms with Crippen molar-refractivity contribution in [3.8, 4) is 0 Å². The third-order valence-corrected chi connectivity index (χ3v) is 6.45. The number of anilines is 2. The van der Waals surface area contributed by atoms with Gasteiger partial charge in [0.1, 0.15) is 6.04 Å². The van der Waals surface area contributed by atoms with Crippen LogP contribution in [0.5, 0.6) is 0 Å². The molecule has 28 heavy (non-hydrogen) atoms. The third-order valence-electron chi connectivity index (χ3n) is 4.65. The van der Waals surface area contributed by atoms with Crippen LogP contribution >= 0.6 is 23.2 Å². The normalized spacial score (nSPS) is 15.6. The van der Waals surface area contributed by atoms with Crippen LogP contribution in [0.15, 0.2) is 36.4 Å². The van der Waals surface area contributed by atoms with Gasteiger partial charge in [0.05, 0.1) is 17.0 Å². The molecule has 1 atom stereocenters. The Morgan fingerprint density at radius 3 is 2.61 bits per heavy atom. The fraction of sp³-hybridized carbons (Fsp3) is 0.316. The molecule has 0 aromatic heterocycles. The van der Waals surface area contributed by atoms with Crippen molar-refractivity contribution < 1.29 is 13.2 Å². The van der Waals surface area contributed by atoms with Gasteiger partial charge in [-0.1, -0.05) is 35.3 Å². The average Bonchev–Trinajstić information content (AvgIpc) is 2.63. The van der Waals surface area contributed by atoms with Crippen molar-refractivity contribution >= 4 is 50.5 Å². The molecule has 1 aliphatic heterocycles. The van der Waals surface area contributed by atoms with Crippen LogP contribution in [0.3, 0.4) is 0 Å². The first kappa shape index (κ1) is 20.9. The highest BCUT2D eigenvalue weighted by Gasteiger charge is 2.25. The van der Waals surface area contributed by atoms with Crippen molar-refractivity contribution in [1.29, 1.82) is 0 Å². The molecule has 0 radical (unpaired) electrons. The van der Waals surface area contributed by atoms with E-state index in [9.17, 15) is 13.2 Å². The third kappa shape index (κ3) is 4.78. The van der Waals surface area contributed by atoms with Gasteiger partial charge in [-0.25, -0.2) is 8.42 Å². The van der Waals surface area contributed by atoms with E-state index in [0.29, 0.717) is 35.2 Å². The first-order valence-electron chi connectivity index (χ1n) is 8.73. The second-order valence-corrected chi connectivity index (χ2v) is 9.60. The van der Waals surface area contributed by atoms with Gasteiger partial charge >= 0.3 is 0 Å². The predicted octanol–water partition coefficient (Wildman–Crippen LogP) is 3.75. The van der Waals surface area contributed by atoms with Gasteiger partial charge in [-0.2, -0.15) is 4.31 Å². The quantitative estimate of drug-likeness (QED) is 0.740. The van der Waals surface area contributed by atoms with Crippen LogP contribution in [0.4, 0.5) is 11.4 Å². The molecule has 1 unspecified atom stereocenters. The number of nitrogens with zero attached hydrogens (tertiary/aromatic N) is 1. The van der Waals surface area contributed by atoms with Crippen molar-refractivity contribution in [1.82, 2.24) is 4.31 Å². The lowest BCUT2D eigenvalue weighted by atomic mass is 9.98. The smallest absolute Gasteiger partial charge is 0.246 e. The van der Waals surface area contributed by atoms with E-state index in [1.54, 1.807) is 25.1 Å². The molecule has 2 aromatic rings. The first-order valence-corrected chi connectivity index (χ1v) is 11.3. The van der Waals surface area contributed by atoms with Crippen molar-refractivity contribution in [2.75, 3.05) is 23.4 Å². The molecule has 0 saturated heterocycles. The number of halogens is 2. The second-order valence-electron chi connectivity index (χ2n) is 6.77. The van der Waals surface area contributed by atoms with Gasteiger partial charge in [-0.15, -0.1) is 0 Å². The number of hydrogen-bond acceptors (Lipinski definition) is 4. The van der Waals surface area contributed by atoms with E-state index in [1.165, 1.54) is 10.6 Å². The molecule has 150 valence electrons. The Balaban J connectivity index is 1.73. The monoisotopic (exact) mass is 441 g/mol. The van der Waals surface area contributed by atoms with Crippen LogP contribution in [0.25, 0.3) is 0 Å². The molecule has 3 rings (SSSR count). The van der Waals surface area contributed by atoms with Crippen LogP contribution in [0.2, 0.25) is 10.0 Å². The molecular weight excluding hydrogens is 421 g/mol. The summed E-state index contributed by atoms with van der Waals surface area (Å²) in [6, 6.07) is 10.0. The SMILES string of the molecule is CC(Nc1cccc2c1CCN(S(C)(=O)=O)C2)C(=O)Nc1ccc(Cl)cc1Cl. The van der Waals surface area contributed by atoms with Gasteiger partial charge in [0, 0.05) is 23.8 Å². The van der Waals surface area contributed by atoms with E-state index >= 15 is 0 Å². The lowest BCUT2D eigenvalue weighted by molar-refractivity contribution is -0.116. The zero-order valence-electron chi connectivity index (χ0n) is 15.5. The summed E-state index contributed by atoms with van der Waals surface area (Å²) in [4.78, 5) is 12.6. The summed E-state index contributed by atoms with van der Waals surface area (Å²) in [5, 5.41) is 6.87. The molecule has 0 bridgehead atoms. The Kier molecular flexibility index (Phi) is 6.19. The molecule has 6 nitrogen and oxygen atoms in total. The van der Waals surface area contributed by atoms with Crippen molar-refractivity contribution in [2.45, 2.75) is 25.9 Å². The van der Waals surface area contributed by atoms with Crippen LogP contribution in [0, 0.1) is 0 Å². The number of nitrogens with one attached hydrogen (secondary N) is 2. The Morgan fingerprint density at radius 1 is 1.18 bits per heavy atom. The number of benzene rings is 2. The zero-order valence-corrected chi connectivity index (χ0v) is 17.8. The van der Waals surface area contributed by atoms with Crippen molar-refractivity contribution in [2.24, 2.45) is 0 Å². The summed E-state index contributed by atoms with van der Waals surface area (Å²) in [7, 11) is -3.23. The van der Waals surface area contributed by atoms with E-state index in [0.717, 1.165) is 16.8 Å². The maximum absolute atomic E-state index is 12.6. The minimum Gasteiger partial charge on any atom is -0.374 e. The standard InChI is InChI=1S/C19H21Cl2N3O3S/c1-12(19(25)23-18-7-6-14(20)10-16(18)21)22-17-5-3-4-13-11-24(28(2,26)27)9-8-15(13)17/h3-7,10,12,22H,8-9,11H2,1-2H3,(H,23,25). The summed E-state index contributed by atoms with van der Waals surface area (Å²) in [6.45, 7) is 2.51. The Bertz CT molecular complexity index is 1010. The summed E-state index contributed by atoms with van der Waals surface area (Å²) < 4.78 is 25.1. The number of fused-ring (bicyclic) bond motifs is 1. The van der Waals surface area contributed by atoms with E-state index in [-0.39, 0.29) is 5.91 Å². The number of sulfonamides is 1. The molecular formula is C19H21Cl2N3O3S. The largest absolute Gasteiger partial charge is 0.374 e. The van der Waals surface area contributed by atoms with Crippen LogP contribution < -0.4 is 10.6 Å². The first-order chi connectivity index (χ1) is 13.1. The Hall–Kier alpha value is -1.80. The number of hydrogen-bond donors (Lipinski definition) is 2. The van der Waals surface area contributed by atoms with Crippen molar-refractivity contribution in [3.63, 3.8) is 0 Å². The lowest BCUT2D eigenvalue weighted by Gasteiger charge is -2.29. The maximum atomic E-state index is 12.6. The highest BCUT2D eigenvalue weighted by Crippen LogP contribution is 2.29. The van der Waals surface area contributed by atoms with Crippen LogP contribution in [-0.2, 0) is 27.8 Å². The molecule has 1 amide bonds. The zero-order chi connectivity index (χ0) is 20.5. The van der Waals surface area contributed by atoms with Crippen molar-refractivity contribution in [3.05, 3.63) is 57.6 Å². The molecule has 0 saturated carbocycles. The Morgan fingerprint density at radius 2 is 1.93 bits per heavy atom. The van der Waals surface area contributed by atoms with Gasteiger partial charge in [-0.3, -0.25) is 4.79 Å². The Labute approximate surface area is 174 Å². The predicted molar refractivity (Wildman–Crippen MR) is 114 cm³/mol. The van der Waals surface area contributed by atoms with Gasteiger partial charge in [-0.05, 0) is 48.7 Å². The van der Waals surface area contributed by atoms with E-state index in [1.807, 2.05) is 18.2 Å².